The van der Waals surface area contributed by atoms with Gasteiger partial charge in [0.2, 0.25) is 0 Å². The van der Waals surface area contributed by atoms with Crippen molar-refractivity contribution in [2.24, 2.45) is 5.10 Å². The third kappa shape index (κ3) is 5.89. The van der Waals surface area contributed by atoms with E-state index in [-0.39, 0.29) is 12.5 Å². The third-order valence-corrected chi connectivity index (χ3v) is 4.50. The van der Waals surface area contributed by atoms with Crippen LogP contribution < -0.4 is 15.5 Å². The molecule has 1 aromatic heterocycles. The topological polar surface area (TPSA) is 92.7 Å². The van der Waals surface area contributed by atoms with E-state index in [0.717, 1.165) is 11.1 Å². The predicted molar refractivity (Wildman–Crippen MR) is 116 cm³/mol. The quantitative estimate of drug-likeness (QED) is 0.447. The Morgan fingerprint density at radius 3 is 2.67 bits per heavy atom. The number of hydrazone groups is 1. The van der Waals surface area contributed by atoms with Gasteiger partial charge in [0.15, 0.2) is 6.61 Å². The van der Waals surface area contributed by atoms with Crippen LogP contribution in [-0.2, 0) is 4.79 Å². The van der Waals surface area contributed by atoms with Crippen molar-refractivity contribution in [1.29, 1.82) is 0 Å². The minimum atomic E-state index is -0.409. The molecule has 1 heterocycles. The third-order valence-electron chi connectivity index (χ3n) is 4.09. The summed E-state index contributed by atoms with van der Waals surface area (Å²) in [6.07, 6.45) is 4.76. The van der Waals surface area contributed by atoms with Crippen LogP contribution in [0.4, 0.5) is 5.69 Å². The van der Waals surface area contributed by atoms with Gasteiger partial charge in [0, 0.05) is 34.2 Å². The molecule has 30 heavy (non-hydrogen) atoms. The van der Waals surface area contributed by atoms with Crippen LogP contribution in [0, 0.1) is 6.92 Å². The highest BCUT2D eigenvalue weighted by atomic mass is 35.5. The van der Waals surface area contributed by atoms with Gasteiger partial charge in [0.25, 0.3) is 11.8 Å². The zero-order valence-electron chi connectivity index (χ0n) is 16.1. The molecule has 152 valence electrons. The molecule has 0 saturated heterocycles. The second-order valence-electron chi connectivity index (χ2n) is 6.26. The number of amides is 2. The Kier molecular flexibility index (Phi) is 7.13. The maximum atomic E-state index is 12.4. The van der Waals surface area contributed by atoms with E-state index in [2.05, 4.69) is 20.8 Å². The summed E-state index contributed by atoms with van der Waals surface area (Å²) in [6, 6.07) is 15.4. The van der Waals surface area contributed by atoms with Crippen LogP contribution in [0.5, 0.6) is 5.75 Å². The second-order valence-corrected chi connectivity index (χ2v) is 6.67. The van der Waals surface area contributed by atoms with Crippen LogP contribution in [0.2, 0.25) is 5.02 Å². The molecule has 7 nitrogen and oxygen atoms in total. The van der Waals surface area contributed by atoms with Gasteiger partial charge in [0.1, 0.15) is 5.75 Å². The van der Waals surface area contributed by atoms with Crippen molar-refractivity contribution in [3.8, 4) is 5.75 Å². The molecule has 2 amide bonds. The van der Waals surface area contributed by atoms with Gasteiger partial charge < -0.3 is 10.1 Å². The molecule has 0 bridgehead atoms. The second kappa shape index (κ2) is 10.2. The van der Waals surface area contributed by atoms with E-state index >= 15 is 0 Å². The average molecular weight is 423 g/mol. The maximum Gasteiger partial charge on any atom is 0.277 e. The average Bonchev–Trinajstić information content (AvgIpc) is 2.76. The lowest BCUT2D eigenvalue weighted by Crippen LogP contribution is -2.24. The van der Waals surface area contributed by atoms with Gasteiger partial charge in [-0.15, -0.1) is 0 Å². The number of halogens is 1. The first kappa shape index (κ1) is 21.0. The molecule has 0 unspecified atom stereocenters. The molecule has 0 fully saturated rings. The number of carbonyl (C=O) groups is 2. The smallest absolute Gasteiger partial charge is 0.277 e. The molecule has 0 aliphatic rings. The minimum Gasteiger partial charge on any atom is -0.484 e. The van der Waals surface area contributed by atoms with Crippen molar-refractivity contribution in [1.82, 2.24) is 10.4 Å². The first-order valence-corrected chi connectivity index (χ1v) is 9.42. The summed E-state index contributed by atoms with van der Waals surface area (Å²) in [5.74, 6) is -0.223. The molecule has 0 spiro atoms. The van der Waals surface area contributed by atoms with Crippen molar-refractivity contribution >= 4 is 35.3 Å². The Bertz CT molecular complexity index is 1050. The van der Waals surface area contributed by atoms with Crippen LogP contribution in [0.15, 0.2) is 72.1 Å². The molecule has 2 N–H and O–H groups in total. The fourth-order valence-electron chi connectivity index (χ4n) is 2.45. The predicted octanol–water partition coefficient (Wildman–Crippen LogP) is 3.82. The number of nitrogens with one attached hydrogen (secondary N) is 2. The Balaban J connectivity index is 1.49. The monoisotopic (exact) mass is 422 g/mol. The standard InChI is InChI=1S/C22H19ClN4O3/c1-15-19(23)5-2-6-20(15)26-22(29)17-7-9-18(10-8-17)30-14-21(28)27-25-13-16-4-3-11-24-12-16/h2-13H,14H2,1H3,(H,26,29)(H,27,28)/b25-13-. The summed E-state index contributed by atoms with van der Waals surface area (Å²) in [5.41, 5.74) is 5.03. The molecule has 0 aliphatic carbocycles. The first-order valence-electron chi connectivity index (χ1n) is 9.04. The fraction of sp³-hybridized carbons (Fsp3) is 0.0909. The van der Waals surface area contributed by atoms with Crippen molar-refractivity contribution in [2.75, 3.05) is 11.9 Å². The van der Waals surface area contributed by atoms with Crippen LogP contribution in [0.25, 0.3) is 0 Å². The number of ether oxygens (including phenoxy) is 1. The zero-order chi connectivity index (χ0) is 21.3. The van der Waals surface area contributed by atoms with Gasteiger partial charge in [-0.05, 0) is 55.0 Å². The van der Waals surface area contributed by atoms with Gasteiger partial charge >= 0.3 is 0 Å². The summed E-state index contributed by atoms with van der Waals surface area (Å²) in [6.45, 7) is 1.62. The molecule has 0 radical (unpaired) electrons. The van der Waals surface area contributed by atoms with Crippen molar-refractivity contribution in [3.05, 3.63) is 88.7 Å². The van der Waals surface area contributed by atoms with E-state index in [1.165, 1.54) is 6.21 Å². The maximum absolute atomic E-state index is 12.4. The molecule has 0 saturated carbocycles. The largest absolute Gasteiger partial charge is 0.484 e. The molecule has 3 rings (SSSR count). The van der Waals surface area contributed by atoms with Gasteiger partial charge in [0.05, 0.1) is 6.21 Å². The Labute approximate surface area is 178 Å². The van der Waals surface area contributed by atoms with E-state index in [4.69, 9.17) is 16.3 Å². The molecule has 0 atom stereocenters. The van der Waals surface area contributed by atoms with E-state index in [9.17, 15) is 9.59 Å². The van der Waals surface area contributed by atoms with Crippen LogP contribution in [0.1, 0.15) is 21.5 Å². The summed E-state index contributed by atoms with van der Waals surface area (Å²) < 4.78 is 5.41. The van der Waals surface area contributed by atoms with Gasteiger partial charge in [-0.1, -0.05) is 23.7 Å². The van der Waals surface area contributed by atoms with E-state index in [1.54, 1.807) is 60.9 Å². The lowest BCUT2D eigenvalue weighted by Gasteiger charge is -2.10. The summed E-state index contributed by atoms with van der Waals surface area (Å²) in [5, 5.41) is 7.25. The SMILES string of the molecule is Cc1c(Cl)cccc1NC(=O)c1ccc(OCC(=O)N/N=C\c2cccnc2)cc1. The first-order chi connectivity index (χ1) is 14.5. The molecule has 0 aliphatic heterocycles. The highest BCUT2D eigenvalue weighted by molar-refractivity contribution is 6.31. The van der Waals surface area contributed by atoms with E-state index in [0.29, 0.717) is 22.0 Å². The van der Waals surface area contributed by atoms with E-state index in [1.807, 2.05) is 13.0 Å². The number of benzene rings is 2. The number of hydrogen-bond acceptors (Lipinski definition) is 5. The number of rotatable bonds is 7. The number of pyridine rings is 1. The molecule has 8 heteroatoms. The lowest BCUT2D eigenvalue weighted by atomic mass is 10.1. The normalized spacial score (nSPS) is 10.6. The molecular weight excluding hydrogens is 404 g/mol. The van der Waals surface area contributed by atoms with Gasteiger partial charge in [-0.25, -0.2) is 5.43 Å². The van der Waals surface area contributed by atoms with Gasteiger partial charge in [-0.2, -0.15) is 5.10 Å². The highest BCUT2D eigenvalue weighted by Gasteiger charge is 2.10. The summed E-state index contributed by atoms with van der Waals surface area (Å²) in [7, 11) is 0. The summed E-state index contributed by atoms with van der Waals surface area (Å²) >= 11 is 6.08. The van der Waals surface area contributed by atoms with Crippen LogP contribution >= 0.6 is 11.6 Å². The lowest BCUT2D eigenvalue weighted by molar-refractivity contribution is -0.123. The Morgan fingerprint density at radius 1 is 1.13 bits per heavy atom. The Morgan fingerprint density at radius 2 is 1.93 bits per heavy atom. The van der Waals surface area contributed by atoms with Crippen LogP contribution in [-0.4, -0.2) is 29.6 Å². The number of anilines is 1. The zero-order valence-corrected chi connectivity index (χ0v) is 16.9. The highest BCUT2D eigenvalue weighted by Crippen LogP contribution is 2.23. The molecular formula is C22H19ClN4O3. The number of carbonyl (C=O) groups excluding carboxylic acids is 2. The number of hydrogen-bond donors (Lipinski definition) is 2. The van der Waals surface area contributed by atoms with Crippen LogP contribution in [0.3, 0.4) is 0 Å². The number of nitrogens with zero attached hydrogens (tertiary/aromatic N) is 2. The molecule has 3 aromatic rings. The Hall–Kier alpha value is -3.71. The van der Waals surface area contributed by atoms with Crippen molar-refractivity contribution in [3.63, 3.8) is 0 Å². The fourth-order valence-corrected chi connectivity index (χ4v) is 2.63. The van der Waals surface area contributed by atoms with Gasteiger partial charge in [-0.3, -0.25) is 14.6 Å². The molecule has 2 aromatic carbocycles. The van der Waals surface area contributed by atoms with Crippen molar-refractivity contribution < 1.29 is 14.3 Å². The van der Waals surface area contributed by atoms with E-state index < -0.39 is 5.91 Å². The summed E-state index contributed by atoms with van der Waals surface area (Å²) in [4.78, 5) is 28.2. The number of aromatic nitrogens is 1. The minimum absolute atomic E-state index is 0.211. The van der Waals surface area contributed by atoms with Crippen molar-refractivity contribution in [2.45, 2.75) is 6.92 Å².